The van der Waals surface area contributed by atoms with Gasteiger partial charge in [0.05, 0.1) is 30.3 Å². The van der Waals surface area contributed by atoms with Crippen molar-refractivity contribution in [2.45, 2.75) is 69.9 Å². The molecule has 7 nitrogen and oxygen atoms in total. The van der Waals surface area contributed by atoms with Gasteiger partial charge in [0.2, 0.25) is 0 Å². The molecule has 236 valence electrons. The Hall–Kier alpha value is -3.40. The van der Waals surface area contributed by atoms with E-state index in [4.69, 9.17) is 0 Å². The first-order valence-electron chi connectivity index (χ1n) is 13.3. The normalized spacial score (nSPS) is 17.4. The topological polar surface area (TPSA) is 70.3 Å². The molecule has 1 N–H and O–H groups in total. The van der Waals surface area contributed by atoms with Crippen molar-refractivity contribution in [3.63, 3.8) is 0 Å². The minimum atomic E-state index is -5.09. The van der Waals surface area contributed by atoms with E-state index in [0.29, 0.717) is 37.1 Å². The Morgan fingerprint density at radius 2 is 1.53 bits per heavy atom. The number of aromatic nitrogens is 4. The van der Waals surface area contributed by atoms with Crippen LogP contribution in [0.2, 0.25) is 0 Å². The van der Waals surface area contributed by atoms with E-state index < -0.39 is 59.9 Å². The SMILES string of the molecule is CCC(c1ccc(C(F)(F)F)cc1CN(Cc1cc(C(F)(F)F)cc(C(F)(F)F)c1)c1nnn(C)n1)N1CCCC1CO. The molecule has 0 radical (unpaired) electrons. The zero-order valence-electron chi connectivity index (χ0n) is 23.1. The van der Waals surface area contributed by atoms with E-state index in [1.807, 2.05) is 11.8 Å². The van der Waals surface area contributed by atoms with Gasteiger partial charge >= 0.3 is 18.5 Å². The van der Waals surface area contributed by atoms with Gasteiger partial charge in [-0.15, -0.1) is 5.10 Å². The summed E-state index contributed by atoms with van der Waals surface area (Å²) in [7, 11) is 1.38. The summed E-state index contributed by atoms with van der Waals surface area (Å²) >= 11 is 0. The molecule has 2 atom stereocenters. The number of benzene rings is 2. The molecular formula is C27H29F9N6O. The Balaban J connectivity index is 1.83. The van der Waals surface area contributed by atoms with Gasteiger partial charge in [-0.05, 0) is 78.0 Å². The highest BCUT2D eigenvalue weighted by atomic mass is 19.4. The predicted molar refractivity (Wildman–Crippen MR) is 136 cm³/mol. The van der Waals surface area contributed by atoms with E-state index in [9.17, 15) is 44.6 Å². The van der Waals surface area contributed by atoms with Crippen LogP contribution in [0.1, 0.15) is 65.6 Å². The lowest BCUT2D eigenvalue weighted by Gasteiger charge is -2.34. The van der Waals surface area contributed by atoms with Crippen LogP contribution in [0.3, 0.4) is 0 Å². The Kier molecular flexibility index (Phi) is 9.30. The second-order valence-corrected chi connectivity index (χ2v) is 10.4. The average Bonchev–Trinajstić information content (AvgIpc) is 3.56. The van der Waals surface area contributed by atoms with E-state index in [1.165, 1.54) is 18.0 Å². The zero-order valence-corrected chi connectivity index (χ0v) is 23.1. The number of nitrogens with zero attached hydrogens (tertiary/aromatic N) is 6. The van der Waals surface area contributed by atoms with E-state index in [2.05, 4.69) is 15.4 Å². The highest BCUT2D eigenvalue weighted by Crippen LogP contribution is 2.39. The number of aryl methyl sites for hydroxylation is 1. The molecule has 1 aromatic heterocycles. The van der Waals surface area contributed by atoms with Crippen LogP contribution in [0.15, 0.2) is 36.4 Å². The third-order valence-electron chi connectivity index (χ3n) is 7.41. The lowest BCUT2D eigenvalue weighted by molar-refractivity contribution is -0.143. The van der Waals surface area contributed by atoms with Crippen LogP contribution in [-0.4, -0.2) is 49.4 Å². The van der Waals surface area contributed by atoms with Crippen LogP contribution in [0.4, 0.5) is 45.5 Å². The average molecular weight is 625 g/mol. The van der Waals surface area contributed by atoms with Crippen molar-refractivity contribution in [2.75, 3.05) is 18.1 Å². The van der Waals surface area contributed by atoms with Crippen molar-refractivity contribution in [3.8, 4) is 0 Å². The second-order valence-electron chi connectivity index (χ2n) is 10.4. The van der Waals surface area contributed by atoms with Gasteiger partial charge < -0.3 is 10.0 Å². The maximum Gasteiger partial charge on any atom is 0.416 e. The van der Waals surface area contributed by atoms with Crippen LogP contribution in [0.5, 0.6) is 0 Å². The van der Waals surface area contributed by atoms with E-state index in [0.717, 1.165) is 23.4 Å². The zero-order chi connectivity index (χ0) is 31.7. The fraction of sp³-hybridized carbons (Fsp3) is 0.519. The minimum Gasteiger partial charge on any atom is -0.395 e. The van der Waals surface area contributed by atoms with E-state index in [-0.39, 0.29) is 30.2 Å². The van der Waals surface area contributed by atoms with Crippen LogP contribution < -0.4 is 4.90 Å². The molecule has 43 heavy (non-hydrogen) atoms. The lowest BCUT2D eigenvalue weighted by atomic mass is 9.94. The molecule has 2 unspecified atom stereocenters. The molecule has 0 amide bonds. The van der Waals surface area contributed by atoms with E-state index >= 15 is 0 Å². The number of anilines is 1. The molecule has 16 heteroatoms. The Labute approximate surface area is 240 Å². The summed E-state index contributed by atoms with van der Waals surface area (Å²) < 4.78 is 123. The first kappa shape index (κ1) is 32.5. The van der Waals surface area contributed by atoms with Gasteiger partial charge in [-0.2, -0.15) is 44.3 Å². The van der Waals surface area contributed by atoms with Gasteiger partial charge in [-0.3, -0.25) is 4.90 Å². The molecule has 2 aromatic carbocycles. The largest absolute Gasteiger partial charge is 0.416 e. The third kappa shape index (κ3) is 7.58. The van der Waals surface area contributed by atoms with Crippen molar-refractivity contribution < 1.29 is 44.6 Å². The molecule has 1 aliphatic heterocycles. The summed E-state index contributed by atoms with van der Waals surface area (Å²) in [5.41, 5.74) is -3.84. The number of likely N-dealkylation sites (tertiary alicyclic amines) is 1. The number of hydrogen-bond donors (Lipinski definition) is 1. The van der Waals surface area contributed by atoms with Crippen LogP contribution in [-0.2, 0) is 38.7 Å². The van der Waals surface area contributed by atoms with Crippen molar-refractivity contribution in [1.29, 1.82) is 0 Å². The lowest BCUT2D eigenvalue weighted by Crippen LogP contribution is -2.36. The first-order valence-corrected chi connectivity index (χ1v) is 13.3. The van der Waals surface area contributed by atoms with Gasteiger partial charge in [0.15, 0.2) is 0 Å². The van der Waals surface area contributed by atoms with Gasteiger partial charge in [0.1, 0.15) is 0 Å². The van der Waals surface area contributed by atoms with Gasteiger partial charge in [0, 0.05) is 25.2 Å². The summed E-state index contributed by atoms with van der Waals surface area (Å²) in [5, 5.41) is 21.4. The van der Waals surface area contributed by atoms with Gasteiger partial charge in [0.25, 0.3) is 5.95 Å². The summed E-state index contributed by atoms with van der Waals surface area (Å²) in [6.45, 7) is 1.27. The quantitative estimate of drug-likeness (QED) is 0.279. The fourth-order valence-electron chi connectivity index (χ4n) is 5.48. The van der Waals surface area contributed by atoms with Gasteiger partial charge in [-0.25, -0.2) is 0 Å². The Morgan fingerprint density at radius 3 is 2.05 bits per heavy atom. The number of aliphatic hydroxyl groups excluding tert-OH is 1. The number of rotatable bonds is 9. The molecule has 1 saturated heterocycles. The van der Waals surface area contributed by atoms with Crippen molar-refractivity contribution in [1.82, 2.24) is 25.1 Å². The monoisotopic (exact) mass is 624 g/mol. The molecule has 0 aliphatic carbocycles. The second kappa shape index (κ2) is 12.3. The Bertz CT molecular complexity index is 1370. The number of aliphatic hydroxyl groups is 1. The molecular weight excluding hydrogens is 595 g/mol. The Morgan fingerprint density at radius 1 is 0.907 bits per heavy atom. The summed E-state index contributed by atoms with van der Waals surface area (Å²) in [6.07, 6.45) is -13.0. The molecule has 4 rings (SSSR count). The van der Waals surface area contributed by atoms with Crippen LogP contribution >= 0.6 is 0 Å². The summed E-state index contributed by atoms with van der Waals surface area (Å²) in [5.74, 6) is -0.209. The van der Waals surface area contributed by atoms with Gasteiger partial charge in [-0.1, -0.05) is 18.1 Å². The fourth-order valence-corrected chi connectivity index (χ4v) is 5.48. The summed E-state index contributed by atoms with van der Waals surface area (Å²) in [6, 6.07) is 3.64. The molecule has 3 aromatic rings. The number of alkyl halides is 9. The van der Waals surface area contributed by atoms with E-state index in [1.54, 1.807) is 0 Å². The molecule has 0 spiro atoms. The van der Waals surface area contributed by atoms with Crippen molar-refractivity contribution >= 4 is 5.95 Å². The number of tetrazole rings is 1. The smallest absolute Gasteiger partial charge is 0.395 e. The third-order valence-corrected chi connectivity index (χ3v) is 7.41. The van der Waals surface area contributed by atoms with Crippen LogP contribution in [0, 0.1) is 0 Å². The van der Waals surface area contributed by atoms with Crippen molar-refractivity contribution in [2.24, 2.45) is 7.05 Å². The molecule has 0 saturated carbocycles. The highest BCUT2D eigenvalue weighted by Gasteiger charge is 2.38. The molecule has 1 fully saturated rings. The van der Waals surface area contributed by atoms with Crippen molar-refractivity contribution in [3.05, 3.63) is 69.8 Å². The predicted octanol–water partition coefficient (Wildman–Crippen LogP) is 6.38. The molecule has 1 aliphatic rings. The molecule has 2 heterocycles. The highest BCUT2D eigenvalue weighted by molar-refractivity contribution is 5.42. The standard InChI is InChI=1S/C27H29F9N6O/c1-3-23(42-8-4-5-21(42)15-43)22-7-6-18(25(28,29)30)11-17(22)14-41(24-37-39-40(2)38-24)13-16-9-19(26(31,32)33)12-20(10-16)27(34,35)36/h6-7,9-12,21,23,43H,3-5,8,13-15H2,1-2H3. The minimum absolute atomic E-state index is 0.00120. The first-order chi connectivity index (χ1) is 20.0. The number of hydrogen-bond acceptors (Lipinski definition) is 6. The summed E-state index contributed by atoms with van der Waals surface area (Å²) in [4.78, 5) is 4.19. The van der Waals surface area contributed by atoms with Crippen LogP contribution in [0.25, 0.3) is 0 Å². The maximum absolute atomic E-state index is 13.8. The number of halogens is 9. The molecule has 0 bridgehead atoms. The maximum atomic E-state index is 13.8.